The highest BCUT2D eigenvalue weighted by molar-refractivity contribution is 5.44. The van der Waals surface area contributed by atoms with E-state index in [9.17, 15) is 0 Å². The number of nitrogens with one attached hydrogen (secondary N) is 1. The minimum Gasteiger partial charge on any atom is -0.490 e. The molecule has 4 nitrogen and oxygen atoms in total. The van der Waals surface area contributed by atoms with E-state index in [1.165, 1.54) is 0 Å². The standard InChI is InChI=1S/C16H20N2O2/c1-3-17-11-13-9-10-18-12-16(13)20-15-8-6-5-7-14(15)19-4-2/h5-10,12,17H,3-4,11H2,1-2H3. The minimum atomic E-state index is 0.609. The SMILES string of the molecule is CCNCc1ccncc1Oc1ccccc1OCC. The molecule has 4 heteroatoms. The lowest BCUT2D eigenvalue weighted by Crippen LogP contribution is -2.12. The molecule has 106 valence electrons. The van der Waals surface area contributed by atoms with Gasteiger partial charge in [-0.05, 0) is 31.7 Å². The van der Waals surface area contributed by atoms with Gasteiger partial charge in [-0.15, -0.1) is 0 Å². The van der Waals surface area contributed by atoms with Gasteiger partial charge >= 0.3 is 0 Å². The van der Waals surface area contributed by atoms with E-state index in [2.05, 4.69) is 17.2 Å². The second-order valence-corrected chi connectivity index (χ2v) is 4.25. The lowest BCUT2D eigenvalue weighted by Gasteiger charge is -2.13. The Labute approximate surface area is 119 Å². The van der Waals surface area contributed by atoms with Crippen molar-refractivity contribution in [2.75, 3.05) is 13.2 Å². The predicted octanol–water partition coefficient (Wildman–Crippen LogP) is 3.38. The van der Waals surface area contributed by atoms with Crippen molar-refractivity contribution in [1.29, 1.82) is 0 Å². The second kappa shape index (κ2) is 7.50. The van der Waals surface area contributed by atoms with E-state index in [0.717, 1.165) is 30.2 Å². The van der Waals surface area contributed by atoms with Crippen molar-refractivity contribution in [2.45, 2.75) is 20.4 Å². The van der Waals surface area contributed by atoms with E-state index in [-0.39, 0.29) is 0 Å². The van der Waals surface area contributed by atoms with Crippen LogP contribution in [0.5, 0.6) is 17.2 Å². The van der Waals surface area contributed by atoms with Gasteiger partial charge in [-0.3, -0.25) is 4.98 Å². The van der Waals surface area contributed by atoms with Crippen LogP contribution in [-0.2, 0) is 6.54 Å². The van der Waals surface area contributed by atoms with Crippen molar-refractivity contribution in [3.8, 4) is 17.2 Å². The summed E-state index contributed by atoms with van der Waals surface area (Å²) in [6, 6.07) is 9.62. The molecule has 0 spiro atoms. The van der Waals surface area contributed by atoms with E-state index in [4.69, 9.17) is 9.47 Å². The van der Waals surface area contributed by atoms with E-state index >= 15 is 0 Å². The van der Waals surface area contributed by atoms with Gasteiger partial charge in [0.1, 0.15) is 5.75 Å². The summed E-state index contributed by atoms with van der Waals surface area (Å²) < 4.78 is 11.5. The Bertz CT molecular complexity index is 544. The summed E-state index contributed by atoms with van der Waals surface area (Å²) in [5.41, 5.74) is 1.08. The van der Waals surface area contributed by atoms with E-state index in [0.29, 0.717) is 12.4 Å². The minimum absolute atomic E-state index is 0.609. The molecule has 1 heterocycles. The van der Waals surface area contributed by atoms with Gasteiger partial charge in [0.2, 0.25) is 0 Å². The molecule has 0 aliphatic rings. The van der Waals surface area contributed by atoms with Crippen molar-refractivity contribution < 1.29 is 9.47 Å². The summed E-state index contributed by atoms with van der Waals surface area (Å²) in [5, 5.41) is 3.29. The molecule has 2 rings (SSSR count). The quantitative estimate of drug-likeness (QED) is 0.839. The maximum absolute atomic E-state index is 5.96. The molecule has 0 fully saturated rings. The zero-order valence-corrected chi connectivity index (χ0v) is 11.9. The average Bonchev–Trinajstić information content (AvgIpc) is 2.49. The summed E-state index contributed by atoms with van der Waals surface area (Å²) in [7, 11) is 0. The Kier molecular flexibility index (Phi) is 5.38. The van der Waals surface area contributed by atoms with Crippen molar-refractivity contribution in [1.82, 2.24) is 10.3 Å². The maximum atomic E-state index is 5.96. The monoisotopic (exact) mass is 272 g/mol. The molecule has 20 heavy (non-hydrogen) atoms. The van der Waals surface area contributed by atoms with Gasteiger partial charge in [-0.25, -0.2) is 0 Å². The molecule has 0 saturated carbocycles. The number of pyridine rings is 1. The molecule has 0 unspecified atom stereocenters. The number of nitrogens with zero attached hydrogens (tertiary/aromatic N) is 1. The summed E-state index contributed by atoms with van der Waals surface area (Å²) in [6.45, 7) is 6.31. The van der Waals surface area contributed by atoms with Crippen LogP contribution in [0.25, 0.3) is 0 Å². The third-order valence-electron chi connectivity index (χ3n) is 2.80. The van der Waals surface area contributed by atoms with Crippen LogP contribution in [0.4, 0.5) is 0 Å². The van der Waals surface area contributed by atoms with Crippen molar-refractivity contribution in [3.05, 3.63) is 48.3 Å². The summed E-state index contributed by atoms with van der Waals surface area (Å²) in [4.78, 5) is 4.13. The molecule has 0 saturated heterocycles. The van der Waals surface area contributed by atoms with Gasteiger partial charge in [-0.2, -0.15) is 0 Å². The zero-order valence-electron chi connectivity index (χ0n) is 11.9. The fourth-order valence-electron chi connectivity index (χ4n) is 1.83. The average molecular weight is 272 g/mol. The highest BCUT2D eigenvalue weighted by atomic mass is 16.5. The van der Waals surface area contributed by atoms with Gasteiger partial charge < -0.3 is 14.8 Å². The number of para-hydroxylation sites is 2. The van der Waals surface area contributed by atoms with Crippen LogP contribution in [0.15, 0.2) is 42.7 Å². The van der Waals surface area contributed by atoms with Crippen LogP contribution in [0, 0.1) is 0 Å². The van der Waals surface area contributed by atoms with Gasteiger partial charge in [0.15, 0.2) is 11.5 Å². The third kappa shape index (κ3) is 3.71. The molecule has 0 aliphatic carbocycles. The van der Waals surface area contributed by atoms with E-state index in [1.807, 2.05) is 37.3 Å². The first kappa shape index (κ1) is 14.3. The maximum Gasteiger partial charge on any atom is 0.169 e. The van der Waals surface area contributed by atoms with E-state index in [1.54, 1.807) is 12.4 Å². The number of ether oxygens (including phenoxy) is 2. The molecule has 2 aromatic rings. The Morgan fingerprint density at radius 3 is 2.60 bits per heavy atom. The zero-order chi connectivity index (χ0) is 14.2. The van der Waals surface area contributed by atoms with Crippen LogP contribution in [-0.4, -0.2) is 18.1 Å². The van der Waals surface area contributed by atoms with Crippen LogP contribution in [0.3, 0.4) is 0 Å². The second-order valence-electron chi connectivity index (χ2n) is 4.25. The smallest absolute Gasteiger partial charge is 0.169 e. The third-order valence-corrected chi connectivity index (χ3v) is 2.80. The fourth-order valence-corrected chi connectivity index (χ4v) is 1.83. The molecule has 0 bridgehead atoms. The summed E-state index contributed by atoms with van der Waals surface area (Å²) >= 11 is 0. The molecular formula is C16H20N2O2. The van der Waals surface area contributed by atoms with Crippen molar-refractivity contribution in [3.63, 3.8) is 0 Å². The number of hydrogen-bond acceptors (Lipinski definition) is 4. The molecule has 1 N–H and O–H groups in total. The highest BCUT2D eigenvalue weighted by Crippen LogP contribution is 2.32. The van der Waals surface area contributed by atoms with Gasteiger partial charge in [0, 0.05) is 18.3 Å². The first-order valence-electron chi connectivity index (χ1n) is 6.88. The first-order valence-corrected chi connectivity index (χ1v) is 6.88. The van der Waals surface area contributed by atoms with Crippen LogP contribution in [0.1, 0.15) is 19.4 Å². The largest absolute Gasteiger partial charge is 0.490 e. The van der Waals surface area contributed by atoms with Crippen LogP contribution >= 0.6 is 0 Å². The Morgan fingerprint density at radius 2 is 1.85 bits per heavy atom. The molecule has 1 aromatic heterocycles. The number of aromatic nitrogens is 1. The highest BCUT2D eigenvalue weighted by Gasteiger charge is 2.08. The summed E-state index contributed by atoms with van der Waals surface area (Å²) in [6.07, 6.45) is 3.50. The summed E-state index contributed by atoms with van der Waals surface area (Å²) in [5.74, 6) is 2.20. The van der Waals surface area contributed by atoms with Crippen LogP contribution < -0.4 is 14.8 Å². The molecule has 1 aromatic carbocycles. The first-order chi connectivity index (χ1) is 9.85. The van der Waals surface area contributed by atoms with Crippen molar-refractivity contribution in [2.24, 2.45) is 0 Å². The topological polar surface area (TPSA) is 43.4 Å². The normalized spacial score (nSPS) is 10.3. The van der Waals surface area contributed by atoms with Crippen LogP contribution in [0.2, 0.25) is 0 Å². The Morgan fingerprint density at radius 1 is 1.05 bits per heavy atom. The molecule has 0 aliphatic heterocycles. The van der Waals surface area contributed by atoms with Crippen molar-refractivity contribution >= 4 is 0 Å². The fraction of sp³-hybridized carbons (Fsp3) is 0.312. The Hall–Kier alpha value is -2.07. The Balaban J connectivity index is 2.21. The number of hydrogen-bond donors (Lipinski definition) is 1. The van der Waals surface area contributed by atoms with Gasteiger partial charge in [0.05, 0.1) is 12.8 Å². The van der Waals surface area contributed by atoms with Gasteiger partial charge in [0.25, 0.3) is 0 Å². The molecular weight excluding hydrogens is 252 g/mol. The lowest BCUT2D eigenvalue weighted by atomic mass is 10.2. The lowest BCUT2D eigenvalue weighted by molar-refractivity contribution is 0.320. The molecule has 0 amide bonds. The van der Waals surface area contributed by atoms with Gasteiger partial charge in [-0.1, -0.05) is 19.1 Å². The predicted molar refractivity (Wildman–Crippen MR) is 79.3 cm³/mol. The number of rotatable bonds is 7. The molecule has 0 atom stereocenters. The molecule has 0 radical (unpaired) electrons. The number of benzene rings is 1. The van der Waals surface area contributed by atoms with E-state index < -0.39 is 0 Å².